The van der Waals surface area contributed by atoms with Crippen LogP contribution in [0, 0.1) is 12.3 Å². The molecule has 0 aliphatic heterocycles. The second-order valence-electron chi connectivity index (χ2n) is 12.0. The number of rotatable bonds is 14. The molecule has 2 fully saturated rings. The smallest absolute Gasteiger partial charge is 0.326 e. The summed E-state index contributed by atoms with van der Waals surface area (Å²) < 4.78 is 0. The molecule has 2 N–H and O–H groups in total. The molecule has 0 radical (unpaired) electrons. The first-order chi connectivity index (χ1) is 20.9. The predicted molar refractivity (Wildman–Crippen MR) is 180 cm³/mol. The minimum absolute atomic E-state index is 0.335. The number of carboxylic acid groups (broad SMARTS) is 1. The SMILES string of the molecule is CC.CSCCC(NC(=O)c1ccc(CN(CC2(Cc3ccccc3)CCC2)C2CC2)cc1-c1ccccc1C)C(=O)O. The van der Waals surface area contributed by atoms with Crippen LogP contribution < -0.4 is 5.32 Å². The van der Waals surface area contributed by atoms with Crippen molar-refractivity contribution in [3.05, 3.63) is 95.1 Å². The van der Waals surface area contributed by atoms with Crippen LogP contribution in [0.5, 0.6) is 0 Å². The number of aliphatic carboxylic acids is 1. The number of nitrogens with one attached hydrogen (secondary N) is 1. The fourth-order valence-corrected chi connectivity index (χ4v) is 6.70. The second kappa shape index (κ2) is 15.6. The van der Waals surface area contributed by atoms with E-state index in [2.05, 4.69) is 71.7 Å². The summed E-state index contributed by atoms with van der Waals surface area (Å²) in [6, 6.07) is 24.9. The Bertz CT molecular complexity index is 1350. The lowest BCUT2D eigenvalue weighted by atomic mass is 9.65. The van der Waals surface area contributed by atoms with E-state index in [-0.39, 0.29) is 5.91 Å². The zero-order valence-corrected chi connectivity index (χ0v) is 27.1. The quantitative estimate of drug-likeness (QED) is 0.196. The number of benzene rings is 3. The van der Waals surface area contributed by atoms with Crippen LogP contribution in [0.3, 0.4) is 0 Å². The standard InChI is InChI=1S/C35H42N2O3S.C2H6/c1-25-9-6-7-12-29(25)31-21-27(13-16-30(31)33(38)36-32(34(39)40)17-20-41-2)23-37(28-14-15-28)24-35(18-8-19-35)22-26-10-4-3-5-11-26;1-2/h3-7,9-13,16,21,28,32H,8,14-15,17-20,22-24H2,1-2H3,(H,36,38)(H,39,40);1-2H3. The number of aryl methyl sites for hydroxylation is 1. The molecule has 5 nitrogen and oxygen atoms in total. The van der Waals surface area contributed by atoms with Crippen molar-refractivity contribution >= 4 is 23.6 Å². The molecule has 2 saturated carbocycles. The van der Waals surface area contributed by atoms with Crippen LogP contribution in [0.15, 0.2) is 72.8 Å². The van der Waals surface area contributed by atoms with Gasteiger partial charge in [-0.05, 0) is 103 Å². The van der Waals surface area contributed by atoms with Gasteiger partial charge < -0.3 is 10.4 Å². The van der Waals surface area contributed by atoms with Crippen molar-refractivity contribution in [1.82, 2.24) is 10.2 Å². The molecule has 3 aromatic rings. The first-order valence-corrected chi connectivity index (χ1v) is 17.3. The average molecular weight is 601 g/mol. The number of amides is 1. The number of hydrogen-bond acceptors (Lipinski definition) is 4. The van der Waals surface area contributed by atoms with E-state index in [0.29, 0.717) is 29.2 Å². The van der Waals surface area contributed by atoms with E-state index >= 15 is 0 Å². The van der Waals surface area contributed by atoms with Gasteiger partial charge in [0.2, 0.25) is 0 Å². The fourth-order valence-electron chi connectivity index (χ4n) is 6.23. The van der Waals surface area contributed by atoms with Crippen molar-refractivity contribution in [1.29, 1.82) is 0 Å². The van der Waals surface area contributed by atoms with E-state index in [9.17, 15) is 14.7 Å². The minimum Gasteiger partial charge on any atom is -0.480 e. The summed E-state index contributed by atoms with van der Waals surface area (Å²) in [5, 5.41) is 12.5. The molecule has 1 atom stereocenters. The average Bonchev–Trinajstić information content (AvgIpc) is 3.85. The van der Waals surface area contributed by atoms with Crippen LogP contribution in [-0.4, -0.2) is 52.5 Å². The fraction of sp³-hybridized carbons (Fsp3) is 0.459. The molecular weight excluding hydrogens is 552 g/mol. The van der Waals surface area contributed by atoms with E-state index in [0.717, 1.165) is 36.2 Å². The second-order valence-corrected chi connectivity index (χ2v) is 13.0. The Morgan fingerprint density at radius 3 is 2.28 bits per heavy atom. The number of carbonyl (C=O) groups is 2. The van der Waals surface area contributed by atoms with Crippen LogP contribution >= 0.6 is 11.8 Å². The Morgan fingerprint density at radius 2 is 1.67 bits per heavy atom. The summed E-state index contributed by atoms with van der Waals surface area (Å²) in [7, 11) is 0. The van der Waals surface area contributed by atoms with Crippen molar-refractivity contribution in [2.75, 3.05) is 18.6 Å². The van der Waals surface area contributed by atoms with Gasteiger partial charge in [-0.3, -0.25) is 9.69 Å². The number of carbonyl (C=O) groups excluding carboxylic acids is 1. The monoisotopic (exact) mass is 600 g/mol. The van der Waals surface area contributed by atoms with Gasteiger partial charge in [-0.1, -0.05) is 80.9 Å². The third kappa shape index (κ3) is 8.73. The maximum Gasteiger partial charge on any atom is 0.326 e. The maximum absolute atomic E-state index is 13.5. The van der Waals surface area contributed by atoms with Crippen LogP contribution in [0.1, 0.15) is 79.4 Å². The molecule has 43 heavy (non-hydrogen) atoms. The van der Waals surface area contributed by atoms with Crippen molar-refractivity contribution in [3.8, 4) is 11.1 Å². The third-order valence-electron chi connectivity index (χ3n) is 8.80. The summed E-state index contributed by atoms with van der Waals surface area (Å²) >= 11 is 1.58. The summed E-state index contributed by atoms with van der Waals surface area (Å²) in [6.45, 7) is 8.01. The predicted octanol–water partition coefficient (Wildman–Crippen LogP) is 8.00. The molecule has 230 valence electrons. The van der Waals surface area contributed by atoms with E-state index in [1.54, 1.807) is 11.8 Å². The van der Waals surface area contributed by atoms with Crippen LogP contribution in [0.2, 0.25) is 0 Å². The van der Waals surface area contributed by atoms with Gasteiger partial charge in [0.1, 0.15) is 6.04 Å². The minimum atomic E-state index is -0.998. The molecule has 6 heteroatoms. The first kappa shape index (κ1) is 32.8. The Kier molecular flexibility index (Phi) is 11.9. The van der Waals surface area contributed by atoms with Crippen molar-refractivity contribution in [2.45, 2.75) is 84.3 Å². The van der Waals surface area contributed by atoms with E-state index in [1.165, 1.54) is 43.2 Å². The van der Waals surface area contributed by atoms with Gasteiger partial charge in [-0.15, -0.1) is 0 Å². The van der Waals surface area contributed by atoms with Crippen molar-refractivity contribution in [2.24, 2.45) is 5.41 Å². The van der Waals surface area contributed by atoms with Crippen molar-refractivity contribution < 1.29 is 14.7 Å². The van der Waals surface area contributed by atoms with Crippen LogP contribution in [0.25, 0.3) is 11.1 Å². The molecule has 1 unspecified atom stereocenters. The van der Waals surface area contributed by atoms with Gasteiger partial charge in [0.05, 0.1) is 0 Å². The molecule has 0 heterocycles. The van der Waals surface area contributed by atoms with Gasteiger partial charge in [0.15, 0.2) is 0 Å². The number of thioether (sulfide) groups is 1. The Labute approximate surface area is 262 Å². The molecule has 5 rings (SSSR count). The highest BCUT2D eigenvalue weighted by Gasteiger charge is 2.41. The molecule has 1 amide bonds. The largest absolute Gasteiger partial charge is 0.480 e. The van der Waals surface area contributed by atoms with Crippen molar-refractivity contribution in [3.63, 3.8) is 0 Å². The zero-order valence-electron chi connectivity index (χ0n) is 26.3. The first-order valence-electron chi connectivity index (χ1n) is 15.9. The molecule has 0 bridgehead atoms. The Morgan fingerprint density at radius 1 is 0.977 bits per heavy atom. The molecular formula is C37H48N2O3S. The lowest BCUT2D eigenvalue weighted by Crippen LogP contribution is -2.44. The Balaban J connectivity index is 0.00000207. The lowest BCUT2D eigenvalue weighted by molar-refractivity contribution is -0.139. The highest BCUT2D eigenvalue weighted by molar-refractivity contribution is 7.98. The maximum atomic E-state index is 13.5. The van der Waals surface area contributed by atoms with E-state index < -0.39 is 12.0 Å². The van der Waals surface area contributed by atoms with E-state index in [1.807, 2.05) is 38.3 Å². The molecule has 0 spiro atoms. The number of carboxylic acids is 1. The summed E-state index contributed by atoms with van der Waals surface area (Å²) in [5.74, 6) is -0.663. The van der Waals surface area contributed by atoms with Gasteiger partial charge in [-0.25, -0.2) is 4.79 Å². The highest BCUT2D eigenvalue weighted by atomic mass is 32.2. The molecule has 2 aliphatic rings. The summed E-state index contributed by atoms with van der Waals surface area (Å²) in [5.41, 5.74) is 6.45. The van der Waals surface area contributed by atoms with Crippen LogP contribution in [0.4, 0.5) is 0 Å². The molecule has 3 aromatic carbocycles. The van der Waals surface area contributed by atoms with Gasteiger partial charge >= 0.3 is 5.97 Å². The number of hydrogen-bond donors (Lipinski definition) is 2. The normalized spacial score (nSPS) is 16.0. The van der Waals surface area contributed by atoms with E-state index in [4.69, 9.17) is 0 Å². The highest BCUT2D eigenvalue weighted by Crippen LogP contribution is 2.46. The Hall–Kier alpha value is -3.09. The van der Waals surface area contributed by atoms with Crippen LogP contribution in [-0.2, 0) is 17.8 Å². The topological polar surface area (TPSA) is 69.6 Å². The number of nitrogens with zero attached hydrogens (tertiary/aromatic N) is 1. The summed E-state index contributed by atoms with van der Waals surface area (Å²) in [6.07, 6.45) is 9.82. The summed E-state index contributed by atoms with van der Waals surface area (Å²) in [4.78, 5) is 28.0. The molecule has 2 aliphatic carbocycles. The molecule has 0 saturated heterocycles. The zero-order chi connectivity index (χ0) is 30.8. The third-order valence-corrected chi connectivity index (χ3v) is 9.45. The van der Waals surface area contributed by atoms with Gasteiger partial charge in [0, 0.05) is 24.7 Å². The molecule has 0 aromatic heterocycles. The lowest BCUT2D eigenvalue weighted by Gasteiger charge is -2.46. The van der Waals surface area contributed by atoms with Gasteiger partial charge in [-0.2, -0.15) is 11.8 Å². The van der Waals surface area contributed by atoms with Gasteiger partial charge in [0.25, 0.3) is 5.91 Å².